The molecule has 1 aromatic carbocycles. The van der Waals surface area contributed by atoms with E-state index >= 15 is 0 Å². The molecule has 0 saturated heterocycles. The summed E-state index contributed by atoms with van der Waals surface area (Å²) in [6, 6.07) is 8.53. The van der Waals surface area contributed by atoms with Gasteiger partial charge in [-0.1, -0.05) is 30.0 Å². The number of hydrogen-bond donors (Lipinski definition) is 0. The van der Waals surface area contributed by atoms with Gasteiger partial charge >= 0.3 is 0 Å². The Bertz CT molecular complexity index is 411. The smallest absolute Gasteiger partial charge is 0.176 e. The van der Waals surface area contributed by atoms with E-state index in [9.17, 15) is 0 Å². The van der Waals surface area contributed by atoms with Crippen LogP contribution in [0.15, 0.2) is 45.3 Å². The molecule has 3 rings (SSSR count). The van der Waals surface area contributed by atoms with Gasteiger partial charge in [0.25, 0.3) is 0 Å². The van der Waals surface area contributed by atoms with E-state index in [1.807, 2.05) is 12.1 Å². The molecular weight excluding hydrogens is 182 g/mol. The van der Waals surface area contributed by atoms with Crippen molar-refractivity contribution in [2.24, 2.45) is 4.99 Å². The van der Waals surface area contributed by atoms with Crippen LogP contribution in [-0.4, -0.2) is 6.40 Å². The summed E-state index contributed by atoms with van der Waals surface area (Å²) in [5, 5.41) is 0. The average molecular weight is 189 g/mol. The molecule has 2 heterocycles. The molecule has 64 valence electrons. The summed E-state index contributed by atoms with van der Waals surface area (Å²) < 4.78 is 5.04. The number of thioether (sulfide) groups is 1. The van der Waals surface area contributed by atoms with Crippen LogP contribution in [0.2, 0.25) is 0 Å². The fraction of sp³-hybridized carbons (Fsp3) is 0.100. The lowest BCUT2D eigenvalue weighted by atomic mass is 10.1. The minimum Gasteiger partial charge on any atom is -0.453 e. The molecule has 0 saturated carbocycles. The highest BCUT2D eigenvalue weighted by Gasteiger charge is 2.28. The molecule has 1 aromatic rings. The van der Waals surface area contributed by atoms with Crippen LogP contribution < -0.4 is 0 Å². The van der Waals surface area contributed by atoms with Crippen LogP contribution in [0.1, 0.15) is 11.6 Å². The molecule has 0 aliphatic carbocycles. The van der Waals surface area contributed by atoms with Gasteiger partial charge in [0.1, 0.15) is 12.3 Å². The van der Waals surface area contributed by atoms with Crippen molar-refractivity contribution in [3.05, 3.63) is 41.0 Å². The van der Waals surface area contributed by atoms with Gasteiger partial charge in [-0.15, -0.1) is 0 Å². The second-order valence-corrected chi connectivity index (χ2v) is 4.07. The maximum absolute atomic E-state index is 5.04. The summed E-state index contributed by atoms with van der Waals surface area (Å²) in [6.45, 7) is 0. The first-order valence-electron chi connectivity index (χ1n) is 4.09. The van der Waals surface area contributed by atoms with Crippen LogP contribution in [0.4, 0.5) is 0 Å². The van der Waals surface area contributed by atoms with E-state index in [2.05, 4.69) is 17.1 Å². The summed E-state index contributed by atoms with van der Waals surface area (Å²) in [5.74, 6) is 0. The molecule has 2 aliphatic rings. The summed E-state index contributed by atoms with van der Waals surface area (Å²) >= 11 is 1.74. The Morgan fingerprint density at radius 3 is 3.23 bits per heavy atom. The molecule has 1 atom stereocenters. The fourth-order valence-electron chi connectivity index (χ4n) is 1.57. The predicted octanol–water partition coefficient (Wildman–Crippen LogP) is 2.73. The molecule has 2 aliphatic heterocycles. The lowest BCUT2D eigenvalue weighted by molar-refractivity contribution is 0.469. The van der Waals surface area contributed by atoms with Gasteiger partial charge in [-0.25, -0.2) is 4.99 Å². The molecule has 0 radical (unpaired) electrons. The first-order chi connectivity index (χ1) is 6.45. The Kier molecular flexibility index (Phi) is 1.46. The van der Waals surface area contributed by atoms with Crippen molar-refractivity contribution in [1.29, 1.82) is 0 Å². The molecule has 0 aromatic heterocycles. The first-order valence-corrected chi connectivity index (χ1v) is 4.91. The van der Waals surface area contributed by atoms with Gasteiger partial charge in [-0.2, -0.15) is 0 Å². The maximum atomic E-state index is 5.04. The summed E-state index contributed by atoms with van der Waals surface area (Å²) in [6.07, 6.45) is 3.29. The standard InChI is InChI=1S/C10H7NOS/c1-2-4-8-7(3-1)10-9(13-8)5-12-6-11-10/h1-6,10H. The van der Waals surface area contributed by atoms with Gasteiger partial charge in [-0.3, -0.25) is 0 Å². The summed E-state index contributed by atoms with van der Waals surface area (Å²) in [7, 11) is 0. The van der Waals surface area contributed by atoms with E-state index in [-0.39, 0.29) is 6.04 Å². The van der Waals surface area contributed by atoms with Crippen molar-refractivity contribution >= 4 is 18.2 Å². The third kappa shape index (κ3) is 1.00. The summed E-state index contributed by atoms with van der Waals surface area (Å²) in [5.41, 5.74) is 1.29. The topological polar surface area (TPSA) is 21.6 Å². The van der Waals surface area contributed by atoms with Crippen molar-refractivity contribution in [3.8, 4) is 0 Å². The molecule has 2 nitrogen and oxygen atoms in total. The van der Waals surface area contributed by atoms with Crippen LogP contribution in [0.25, 0.3) is 0 Å². The van der Waals surface area contributed by atoms with Crippen LogP contribution in [0.3, 0.4) is 0 Å². The van der Waals surface area contributed by atoms with Crippen molar-refractivity contribution < 1.29 is 4.74 Å². The molecule has 0 bridgehead atoms. The number of fused-ring (bicyclic) bond motifs is 3. The molecule has 1 unspecified atom stereocenters. The SMILES string of the molecule is C1=NC2C(=CO1)Sc1ccccc12. The van der Waals surface area contributed by atoms with Gasteiger partial charge in [0, 0.05) is 4.90 Å². The van der Waals surface area contributed by atoms with Gasteiger partial charge in [0.15, 0.2) is 6.40 Å². The Balaban J connectivity index is 2.16. The van der Waals surface area contributed by atoms with E-state index in [4.69, 9.17) is 4.74 Å². The number of hydrogen-bond acceptors (Lipinski definition) is 3. The van der Waals surface area contributed by atoms with E-state index in [1.54, 1.807) is 18.0 Å². The summed E-state index contributed by atoms with van der Waals surface area (Å²) in [4.78, 5) is 6.77. The van der Waals surface area contributed by atoms with Crippen molar-refractivity contribution in [1.82, 2.24) is 0 Å². The molecule has 0 fully saturated rings. The van der Waals surface area contributed by atoms with Crippen LogP contribution in [-0.2, 0) is 4.74 Å². The number of aliphatic imine (C=N–C) groups is 1. The van der Waals surface area contributed by atoms with Crippen LogP contribution >= 0.6 is 11.8 Å². The number of nitrogens with zero attached hydrogens (tertiary/aromatic N) is 1. The lowest BCUT2D eigenvalue weighted by Crippen LogP contribution is -1.98. The normalized spacial score (nSPS) is 23.1. The quantitative estimate of drug-likeness (QED) is 0.626. The highest BCUT2D eigenvalue weighted by molar-refractivity contribution is 8.03. The van der Waals surface area contributed by atoms with E-state index in [0.29, 0.717) is 0 Å². The van der Waals surface area contributed by atoms with Gasteiger partial charge in [0.05, 0.1) is 4.91 Å². The zero-order valence-electron chi connectivity index (χ0n) is 6.81. The molecule has 0 spiro atoms. The molecule has 0 N–H and O–H groups in total. The van der Waals surface area contributed by atoms with Crippen LogP contribution in [0, 0.1) is 0 Å². The van der Waals surface area contributed by atoms with Gasteiger partial charge < -0.3 is 4.74 Å². The zero-order valence-corrected chi connectivity index (χ0v) is 7.62. The van der Waals surface area contributed by atoms with E-state index in [0.717, 1.165) is 0 Å². The minimum absolute atomic E-state index is 0.190. The third-order valence-electron chi connectivity index (χ3n) is 2.17. The second kappa shape index (κ2) is 2.64. The Labute approximate surface area is 80.3 Å². The first kappa shape index (κ1) is 7.21. The number of rotatable bonds is 0. The number of benzene rings is 1. The Morgan fingerprint density at radius 2 is 2.23 bits per heavy atom. The molecule has 13 heavy (non-hydrogen) atoms. The van der Waals surface area contributed by atoms with Crippen molar-refractivity contribution in [2.75, 3.05) is 0 Å². The zero-order chi connectivity index (χ0) is 8.67. The molecule has 0 amide bonds. The predicted molar refractivity (Wildman–Crippen MR) is 52.7 cm³/mol. The minimum atomic E-state index is 0.190. The highest BCUT2D eigenvalue weighted by Crippen LogP contribution is 2.49. The average Bonchev–Trinajstić information content (AvgIpc) is 2.56. The highest BCUT2D eigenvalue weighted by atomic mass is 32.2. The maximum Gasteiger partial charge on any atom is 0.176 e. The number of ether oxygens (including phenoxy) is 1. The third-order valence-corrected chi connectivity index (χ3v) is 3.31. The monoisotopic (exact) mass is 189 g/mol. The van der Waals surface area contributed by atoms with Gasteiger partial charge in [-0.05, 0) is 11.6 Å². The van der Waals surface area contributed by atoms with Crippen molar-refractivity contribution in [2.45, 2.75) is 10.9 Å². The lowest BCUT2D eigenvalue weighted by Gasteiger charge is -2.09. The Morgan fingerprint density at radius 1 is 1.31 bits per heavy atom. The second-order valence-electron chi connectivity index (χ2n) is 2.95. The van der Waals surface area contributed by atoms with Crippen molar-refractivity contribution in [3.63, 3.8) is 0 Å². The molecular formula is C10H7NOS. The van der Waals surface area contributed by atoms with E-state index < -0.39 is 0 Å². The fourth-order valence-corrected chi connectivity index (χ4v) is 2.67. The largest absolute Gasteiger partial charge is 0.453 e. The Hall–Kier alpha value is -1.22. The van der Waals surface area contributed by atoms with Gasteiger partial charge in [0.2, 0.25) is 0 Å². The molecule has 3 heteroatoms. The van der Waals surface area contributed by atoms with E-state index in [1.165, 1.54) is 21.8 Å². The van der Waals surface area contributed by atoms with Crippen LogP contribution in [0.5, 0.6) is 0 Å².